The molecule has 0 spiro atoms. The van der Waals surface area contributed by atoms with Crippen molar-refractivity contribution in [1.29, 1.82) is 0 Å². The fraction of sp³-hybridized carbons (Fsp3) is 0.750. The molecule has 5 heteroatoms. The van der Waals surface area contributed by atoms with E-state index in [2.05, 4.69) is 5.32 Å². The third-order valence-corrected chi connectivity index (χ3v) is 1.57. The van der Waals surface area contributed by atoms with Gasteiger partial charge >= 0.3 is 0 Å². The Bertz CT molecular complexity index is 192. The number of hydrogen-bond donors (Lipinski definition) is 3. The van der Waals surface area contributed by atoms with E-state index in [1.807, 2.05) is 0 Å². The Kier molecular flexibility index (Phi) is 5.06. The predicted molar refractivity (Wildman–Crippen MR) is 47.7 cm³/mol. The third-order valence-electron chi connectivity index (χ3n) is 1.57. The maximum absolute atomic E-state index is 11.0. The van der Waals surface area contributed by atoms with Gasteiger partial charge in [-0.25, -0.2) is 0 Å². The fourth-order valence-corrected chi connectivity index (χ4v) is 0.712. The molecule has 0 saturated heterocycles. The first kappa shape index (κ1) is 11.9. The first-order valence-electron chi connectivity index (χ1n) is 4.17. The zero-order chi connectivity index (χ0) is 10.4. The molecule has 0 aromatic heterocycles. The summed E-state index contributed by atoms with van der Waals surface area (Å²) in [6.45, 7) is 3.35. The van der Waals surface area contributed by atoms with Crippen molar-refractivity contribution >= 4 is 11.8 Å². The van der Waals surface area contributed by atoms with Crippen LogP contribution < -0.4 is 11.1 Å². The highest BCUT2D eigenvalue weighted by atomic mass is 16.3. The van der Waals surface area contributed by atoms with Crippen molar-refractivity contribution in [3.8, 4) is 0 Å². The number of aliphatic hydroxyl groups excluding tert-OH is 1. The minimum atomic E-state index is -0.576. The summed E-state index contributed by atoms with van der Waals surface area (Å²) >= 11 is 0. The normalized spacial score (nSPS) is 14.7. The van der Waals surface area contributed by atoms with Gasteiger partial charge in [0.25, 0.3) is 0 Å². The maximum Gasteiger partial charge on any atom is 0.220 e. The topological polar surface area (TPSA) is 92.4 Å². The van der Waals surface area contributed by atoms with E-state index in [0.29, 0.717) is 0 Å². The zero-order valence-electron chi connectivity index (χ0n) is 7.91. The molecular formula is C8H16N2O3. The lowest BCUT2D eigenvalue weighted by Gasteiger charge is -2.09. The van der Waals surface area contributed by atoms with Gasteiger partial charge in [0.05, 0.1) is 6.10 Å². The number of nitrogens with two attached hydrogens (primary N) is 1. The van der Waals surface area contributed by atoms with Gasteiger partial charge in [0, 0.05) is 18.9 Å². The van der Waals surface area contributed by atoms with Crippen LogP contribution in [0.25, 0.3) is 0 Å². The van der Waals surface area contributed by atoms with Gasteiger partial charge in [-0.1, -0.05) is 6.92 Å². The molecule has 0 aliphatic rings. The lowest BCUT2D eigenvalue weighted by Crippen LogP contribution is -2.33. The molecule has 0 saturated carbocycles. The number of hydrogen-bond acceptors (Lipinski definition) is 3. The van der Waals surface area contributed by atoms with Crippen LogP contribution in [0.15, 0.2) is 0 Å². The van der Waals surface area contributed by atoms with Gasteiger partial charge in [0.15, 0.2) is 0 Å². The predicted octanol–water partition coefficient (Wildman–Crippen LogP) is -1.01. The van der Waals surface area contributed by atoms with Crippen molar-refractivity contribution in [3.05, 3.63) is 0 Å². The molecule has 2 atom stereocenters. The van der Waals surface area contributed by atoms with Crippen molar-refractivity contribution in [3.63, 3.8) is 0 Å². The van der Waals surface area contributed by atoms with E-state index in [9.17, 15) is 9.59 Å². The second-order valence-electron chi connectivity index (χ2n) is 3.16. The van der Waals surface area contributed by atoms with Crippen LogP contribution in [0.2, 0.25) is 0 Å². The number of rotatable bonds is 5. The molecular weight excluding hydrogens is 172 g/mol. The van der Waals surface area contributed by atoms with Crippen LogP contribution in [0.4, 0.5) is 0 Å². The smallest absolute Gasteiger partial charge is 0.220 e. The average Bonchev–Trinajstić information content (AvgIpc) is 2.00. The van der Waals surface area contributed by atoms with Gasteiger partial charge in [0.2, 0.25) is 11.8 Å². The van der Waals surface area contributed by atoms with Gasteiger partial charge in [0.1, 0.15) is 0 Å². The van der Waals surface area contributed by atoms with Gasteiger partial charge in [-0.05, 0) is 6.92 Å². The number of amides is 2. The fourth-order valence-electron chi connectivity index (χ4n) is 0.712. The van der Waals surface area contributed by atoms with E-state index in [1.165, 1.54) is 0 Å². The van der Waals surface area contributed by atoms with E-state index in [1.54, 1.807) is 13.8 Å². The molecule has 1 unspecified atom stereocenters. The zero-order valence-corrected chi connectivity index (χ0v) is 7.91. The quantitative estimate of drug-likeness (QED) is 0.516. The molecule has 13 heavy (non-hydrogen) atoms. The van der Waals surface area contributed by atoms with Gasteiger partial charge in [-0.3, -0.25) is 9.59 Å². The number of aliphatic hydroxyl groups is 1. The van der Waals surface area contributed by atoms with Crippen LogP contribution >= 0.6 is 0 Å². The molecule has 2 amide bonds. The van der Waals surface area contributed by atoms with E-state index < -0.39 is 17.9 Å². The van der Waals surface area contributed by atoms with E-state index >= 15 is 0 Å². The molecule has 76 valence electrons. The summed E-state index contributed by atoms with van der Waals surface area (Å²) in [6, 6.07) is 0. The Labute approximate surface area is 77.3 Å². The van der Waals surface area contributed by atoms with Crippen LogP contribution in [-0.2, 0) is 9.59 Å². The highest BCUT2D eigenvalue weighted by Crippen LogP contribution is 1.99. The van der Waals surface area contributed by atoms with Crippen molar-refractivity contribution in [2.24, 2.45) is 11.7 Å². The molecule has 0 radical (unpaired) electrons. The van der Waals surface area contributed by atoms with Crippen LogP contribution in [0, 0.1) is 5.92 Å². The highest BCUT2D eigenvalue weighted by molar-refractivity contribution is 5.84. The monoisotopic (exact) mass is 188 g/mol. The van der Waals surface area contributed by atoms with Crippen molar-refractivity contribution in [2.75, 3.05) is 6.54 Å². The summed E-state index contributed by atoms with van der Waals surface area (Å²) < 4.78 is 0. The summed E-state index contributed by atoms with van der Waals surface area (Å²) in [6.07, 6.45) is -0.505. The summed E-state index contributed by atoms with van der Waals surface area (Å²) in [4.78, 5) is 21.6. The number of primary amides is 1. The standard InChI is InChI=1S/C8H16N2O3/c1-5(8(9)13)3-7(12)10-4-6(2)11/h5-6,11H,3-4H2,1-2H3,(H2,9,13)(H,10,12)/t5?,6-/m0/s1. The Hall–Kier alpha value is -1.10. The van der Waals surface area contributed by atoms with E-state index in [-0.39, 0.29) is 18.9 Å². The molecule has 4 N–H and O–H groups in total. The van der Waals surface area contributed by atoms with Crippen LogP contribution in [0.5, 0.6) is 0 Å². The van der Waals surface area contributed by atoms with Gasteiger partial charge in [-0.15, -0.1) is 0 Å². The molecule has 0 aromatic rings. The Balaban J connectivity index is 3.68. The lowest BCUT2D eigenvalue weighted by molar-refractivity contribution is -0.128. The highest BCUT2D eigenvalue weighted by Gasteiger charge is 2.13. The summed E-state index contributed by atoms with van der Waals surface area (Å²) in [5, 5.41) is 11.3. The van der Waals surface area contributed by atoms with Crippen molar-refractivity contribution in [2.45, 2.75) is 26.4 Å². The Morgan fingerprint density at radius 1 is 1.46 bits per heavy atom. The van der Waals surface area contributed by atoms with Gasteiger partial charge in [-0.2, -0.15) is 0 Å². The van der Waals surface area contributed by atoms with Crippen molar-refractivity contribution in [1.82, 2.24) is 5.32 Å². The molecule has 0 rings (SSSR count). The third kappa shape index (κ3) is 6.10. The minimum Gasteiger partial charge on any atom is -0.392 e. The molecule has 0 fully saturated rings. The largest absolute Gasteiger partial charge is 0.392 e. The van der Waals surface area contributed by atoms with Crippen molar-refractivity contribution < 1.29 is 14.7 Å². The SMILES string of the molecule is CC(CC(=O)NC[C@H](C)O)C(N)=O. The minimum absolute atomic E-state index is 0.0715. The molecule has 0 aliphatic carbocycles. The van der Waals surface area contributed by atoms with Gasteiger partial charge < -0.3 is 16.2 Å². The van der Waals surface area contributed by atoms with E-state index in [0.717, 1.165) is 0 Å². The molecule has 0 aliphatic heterocycles. The second kappa shape index (κ2) is 5.53. The summed E-state index contributed by atoms with van der Waals surface area (Å²) in [5.41, 5.74) is 4.97. The molecule has 0 aromatic carbocycles. The first-order valence-corrected chi connectivity index (χ1v) is 4.17. The second-order valence-corrected chi connectivity index (χ2v) is 3.16. The van der Waals surface area contributed by atoms with Crippen LogP contribution in [-0.4, -0.2) is 29.6 Å². The molecule has 0 heterocycles. The summed E-state index contributed by atoms with van der Waals surface area (Å²) in [5.74, 6) is -1.23. The summed E-state index contributed by atoms with van der Waals surface area (Å²) in [7, 11) is 0. The number of nitrogens with one attached hydrogen (secondary N) is 1. The Morgan fingerprint density at radius 3 is 2.38 bits per heavy atom. The Morgan fingerprint density at radius 2 is 2.00 bits per heavy atom. The van der Waals surface area contributed by atoms with E-state index in [4.69, 9.17) is 10.8 Å². The maximum atomic E-state index is 11.0. The first-order chi connectivity index (χ1) is 5.93. The molecule has 0 bridgehead atoms. The average molecular weight is 188 g/mol. The number of carbonyl (C=O) groups excluding carboxylic acids is 2. The van der Waals surface area contributed by atoms with Crippen LogP contribution in [0.1, 0.15) is 20.3 Å². The lowest BCUT2D eigenvalue weighted by atomic mass is 10.1. The number of carbonyl (C=O) groups is 2. The van der Waals surface area contributed by atoms with Crippen LogP contribution in [0.3, 0.4) is 0 Å². The molecule has 5 nitrogen and oxygen atoms in total.